The molecule has 1 saturated heterocycles. The molecule has 0 aromatic carbocycles. The maximum Gasteiger partial charge on any atom is 0.321 e. The van der Waals surface area contributed by atoms with Crippen molar-refractivity contribution in [2.24, 2.45) is 5.92 Å². The minimum Gasteiger partial charge on any atom is -0.430 e. The standard InChI is InChI=1S/C24H40O2/c1-3-5-7-9-11-13-15-17-19-21-23-22(24(25)26-23)20-18-16-14-12-10-8-6-4-2/h3-4,21-22H,1-2,5-20H2. The van der Waals surface area contributed by atoms with Crippen molar-refractivity contribution >= 4 is 5.97 Å². The van der Waals surface area contributed by atoms with Gasteiger partial charge in [0.1, 0.15) is 11.7 Å². The summed E-state index contributed by atoms with van der Waals surface area (Å²) in [4.78, 5) is 11.7. The van der Waals surface area contributed by atoms with Crippen LogP contribution in [0.25, 0.3) is 0 Å². The summed E-state index contributed by atoms with van der Waals surface area (Å²) >= 11 is 0. The highest BCUT2D eigenvalue weighted by molar-refractivity contribution is 5.82. The zero-order valence-electron chi connectivity index (χ0n) is 16.9. The number of hydrogen-bond donors (Lipinski definition) is 0. The van der Waals surface area contributed by atoms with Crippen LogP contribution in [0.1, 0.15) is 103 Å². The number of esters is 1. The van der Waals surface area contributed by atoms with Crippen LogP contribution in [0.15, 0.2) is 37.1 Å². The second kappa shape index (κ2) is 15.9. The molecule has 1 heterocycles. The maximum atomic E-state index is 11.7. The van der Waals surface area contributed by atoms with Gasteiger partial charge in [-0.15, -0.1) is 13.2 Å². The number of carbonyl (C=O) groups excluding carboxylic acids is 1. The highest BCUT2D eigenvalue weighted by Gasteiger charge is 2.36. The number of hydrogen-bond acceptors (Lipinski definition) is 2. The van der Waals surface area contributed by atoms with Crippen molar-refractivity contribution in [3.8, 4) is 0 Å². The molecule has 0 aliphatic carbocycles. The van der Waals surface area contributed by atoms with Gasteiger partial charge in [-0.2, -0.15) is 0 Å². The lowest BCUT2D eigenvalue weighted by molar-refractivity contribution is -0.157. The Balaban J connectivity index is 1.99. The Morgan fingerprint density at radius 3 is 1.65 bits per heavy atom. The lowest BCUT2D eigenvalue weighted by atomic mass is 9.93. The second-order valence-corrected chi connectivity index (χ2v) is 7.55. The topological polar surface area (TPSA) is 26.3 Å². The van der Waals surface area contributed by atoms with Crippen LogP contribution in [-0.2, 0) is 9.53 Å². The molecule has 26 heavy (non-hydrogen) atoms. The van der Waals surface area contributed by atoms with Gasteiger partial charge in [-0.1, -0.05) is 69.9 Å². The zero-order chi connectivity index (χ0) is 18.9. The predicted molar refractivity (Wildman–Crippen MR) is 112 cm³/mol. The molecule has 2 nitrogen and oxygen atoms in total. The van der Waals surface area contributed by atoms with Crippen LogP contribution in [-0.4, -0.2) is 5.97 Å². The zero-order valence-corrected chi connectivity index (χ0v) is 16.9. The highest BCUT2D eigenvalue weighted by Crippen LogP contribution is 2.32. The van der Waals surface area contributed by atoms with Gasteiger partial charge in [0.15, 0.2) is 0 Å². The van der Waals surface area contributed by atoms with Crippen molar-refractivity contribution in [1.82, 2.24) is 0 Å². The summed E-state index contributed by atoms with van der Waals surface area (Å²) < 4.78 is 5.25. The molecular weight excluding hydrogens is 320 g/mol. The Morgan fingerprint density at radius 2 is 1.15 bits per heavy atom. The van der Waals surface area contributed by atoms with Crippen LogP contribution in [0.5, 0.6) is 0 Å². The average Bonchev–Trinajstić information content (AvgIpc) is 2.64. The minimum absolute atomic E-state index is 0.00977. The van der Waals surface area contributed by atoms with Crippen LogP contribution in [0.4, 0.5) is 0 Å². The Morgan fingerprint density at radius 1 is 0.692 bits per heavy atom. The highest BCUT2D eigenvalue weighted by atomic mass is 16.6. The van der Waals surface area contributed by atoms with E-state index < -0.39 is 0 Å². The van der Waals surface area contributed by atoms with E-state index in [1.54, 1.807) is 0 Å². The van der Waals surface area contributed by atoms with Crippen molar-refractivity contribution in [2.45, 2.75) is 103 Å². The molecule has 0 radical (unpaired) electrons. The van der Waals surface area contributed by atoms with Gasteiger partial charge < -0.3 is 4.74 Å². The molecule has 1 atom stereocenters. The quantitative estimate of drug-likeness (QED) is 0.142. The molecule has 0 amide bonds. The fraction of sp³-hybridized carbons (Fsp3) is 0.708. The number of cyclic esters (lactones) is 1. The first-order valence-electron chi connectivity index (χ1n) is 10.9. The molecule has 0 spiro atoms. The van der Waals surface area contributed by atoms with E-state index in [1.165, 1.54) is 70.6 Å². The van der Waals surface area contributed by atoms with E-state index in [1.807, 2.05) is 12.2 Å². The SMILES string of the molecule is C=CCCCCCCCCC=C1OC(=O)C1CCCCCCCCC=C. The van der Waals surface area contributed by atoms with Gasteiger partial charge in [0.05, 0.1) is 0 Å². The van der Waals surface area contributed by atoms with Crippen molar-refractivity contribution in [3.05, 3.63) is 37.1 Å². The van der Waals surface area contributed by atoms with E-state index >= 15 is 0 Å². The smallest absolute Gasteiger partial charge is 0.321 e. The molecule has 148 valence electrons. The van der Waals surface area contributed by atoms with E-state index in [0.29, 0.717) is 0 Å². The minimum atomic E-state index is -0.00977. The molecule has 1 fully saturated rings. The monoisotopic (exact) mass is 360 g/mol. The largest absolute Gasteiger partial charge is 0.430 e. The summed E-state index contributed by atoms with van der Waals surface area (Å²) in [6.07, 6.45) is 25.7. The van der Waals surface area contributed by atoms with Crippen LogP contribution >= 0.6 is 0 Å². The number of allylic oxidation sites excluding steroid dienone is 3. The second-order valence-electron chi connectivity index (χ2n) is 7.55. The molecule has 0 bridgehead atoms. The van der Waals surface area contributed by atoms with E-state index in [2.05, 4.69) is 19.2 Å². The lowest BCUT2D eigenvalue weighted by Crippen LogP contribution is -2.32. The van der Waals surface area contributed by atoms with Gasteiger partial charge >= 0.3 is 5.97 Å². The fourth-order valence-corrected chi connectivity index (χ4v) is 3.49. The van der Waals surface area contributed by atoms with E-state index in [-0.39, 0.29) is 11.9 Å². The first-order chi connectivity index (χ1) is 12.8. The normalized spacial score (nSPS) is 17.8. The molecule has 1 rings (SSSR count). The molecule has 0 aromatic rings. The number of ether oxygens (including phenoxy) is 1. The molecule has 1 aliphatic heterocycles. The van der Waals surface area contributed by atoms with Gasteiger partial charge in [-0.3, -0.25) is 4.79 Å². The van der Waals surface area contributed by atoms with E-state index in [4.69, 9.17) is 4.74 Å². The number of carbonyl (C=O) groups is 1. The summed E-state index contributed by atoms with van der Waals surface area (Å²) in [5.74, 6) is 1.01. The van der Waals surface area contributed by atoms with Crippen LogP contribution in [0.3, 0.4) is 0 Å². The summed E-state index contributed by atoms with van der Waals surface area (Å²) in [7, 11) is 0. The Hall–Kier alpha value is -1.31. The third kappa shape index (κ3) is 10.6. The summed E-state index contributed by atoms with van der Waals surface area (Å²) in [6, 6.07) is 0. The van der Waals surface area contributed by atoms with Gasteiger partial charge in [0.2, 0.25) is 0 Å². The van der Waals surface area contributed by atoms with E-state index in [0.717, 1.165) is 37.9 Å². The first kappa shape index (κ1) is 22.7. The summed E-state index contributed by atoms with van der Waals surface area (Å²) in [6.45, 7) is 7.51. The summed E-state index contributed by atoms with van der Waals surface area (Å²) in [5, 5.41) is 0. The lowest BCUT2D eigenvalue weighted by Gasteiger charge is -2.28. The first-order valence-corrected chi connectivity index (χ1v) is 10.9. The third-order valence-corrected chi connectivity index (χ3v) is 5.21. The van der Waals surface area contributed by atoms with Crippen molar-refractivity contribution in [3.63, 3.8) is 0 Å². The van der Waals surface area contributed by atoms with Crippen molar-refractivity contribution in [1.29, 1.82) is 0 Å². The third-order valence-electron chi connectivity index (χ3n) is 5.21. The molecule has 0 aromatic heterocycles. The van der Waals surface area contributed by atoms with Crippen LogP contribution in [0.2, 0.25) is 0 Å². The number of rotatable bonds is 18. The van der Waals surface area contributed by atoms with Gasteiger partial charge in [-0.25, -0.2) is 0 Å². The Bertz CT molecular complexity index is 422. The molecule has 0 N–H and O–H groups in total. The molecular formula is C24H40O2. The van der Waals surface area contributed by atoms with Gasteiger partial charge in [0, 0.05) is 0 Å². The van der Waals surface area contributed by atoms with Crippen molar-refractivity contribution in [2.75, 3.05) is 0 Å². The van der Waals surface area contributed by atoms with Gasteiger partial charge in [-0.05, 0) is 51.0 Å². The molecule has 0 saturated carbocycles. The van der Waals surface area contributed by atoms with Gasteiger partial charge in [0.25, 0.3) is 0 Å². The molecule has 1 unspecified atom stereocenters. The summed E-state index contributed by atoms with van der Waals surface area (Å²) in [5.41, 5.74) is 0. The Labute approximate surface area is 161 Å². The van der Waals surface area contributed by atoms with Crippen molar-refractivity contribution < 1.29 is 9.53 Å². The van der Waals surface area contributed by atoms with Crippen LogP contribution in [0, 0.1) is 5.92 Å². The Kier molecular flexibility index (Phi) is 13.9. The molecule has 2 heteroatoms. The molecule has 1 aliphatic rings. The van der Waals surface area contributed by atoms with Crippen LogP contribution < -0.4 is 0 Å². The maximum absolute atomic E-state index is 11.7. The average molecular weight is 361 g/mol. The predicted octanol–water partition coefficient (Wildman–Crippen LogP) is 7.66. The number of unbranched alkanes of at least 4 members (excludes halogenated alkanes) is 13. The van der Waals surface area contributed by atoms with E-state index in [9.17, 15) is 4.79 Å². The fourth-order valence-electron chi connectivity index (χ4n) is 3.49.